The molecule has 0 spiro atoms. The first-order valence-electron chi connectivity index (χ1n) is 7.24. The van der Waals surface area contributed by atoms with E-state index < -0.39 is 0 Å². The van der Waals surface area contributed by atoms with Gasteiger partial charge in [0.25, 0.3) is 0 Å². The molecule has 4 nitrogen and oxygen atoms in total. The zero-order valence-corrected chi connectivity index (χ0v) is 11.0. The van der Waals surface area contributed by atoms with Crippen molar-refractivity contribution in [2.24, 2.45) is 0 Å². The summed E-state index contributed by atoms with van der Waals surface area (Å²) in [4.78, 5) is 1.52. The quantitative estimate of drug-likeness (QED) is 0.781. The van der Waals surface area contributed by atoms with Crippen molar-refractivity contribution in [2.75, 3.05) is 26.3 Å². The van der Waals surface area contributed by atoms with Crippen molar-refractivity contribution in [2.45, 2.75) is 30.9 Å². The van der Waals surface area contributed by atoms with E-state index >= 15 is 0 Å². The van der Waals surface area contributed by atoms with Crippen molar-refractivity contribution in [3.63, 3.8) is 0 Å². The summed E-state index contributed by atoms with van der Waals surface area (Å²) in [7, 11) is 0. The van der Waals surface area contributed by atoms with Gasteiger partial charge < -0.3 is 14.6 Å². The molecule has 1 aliphatic carbocycles. The summed E-state index contributed by atoms with van der Waals surface area (Å²) in [5.41, 5.74) is 1.11. The highest BCUT2D eigenvalue weighted by atomic mass is 16.5. The number of hydrogen-bond acceptors (Lipinski definition) is 3. The van der Waals surface area contributed by atoms with Gasteiger partial charge in [0.05, 0.1) is 19.1 Å². The summed E-state index contributed by atoms with van der Waals surface area (Å²) >= 11 is 0. The van der Waals surface area contributed by atoms with E-state index in [1.54, 1.807) is 6.07 Å². The number of morpholine rings is 1. The van der Waals surface area contributed by atoms with E-state index in [0.717, 1.165) is 38.5 Å². The highest BCUT2D eigenvalue weighted by Crippen LogP contribution is 2.51. The first kappa shape index (κ1) is 11.6. The van der Waals surface area contributed by atoms with Crippen molar-refractivity contribution in [3.05, 3.63) is 23.8 Å². The number of aromatic hydroxyl groups is 1. The second-order valence-electron chi connectivity index (χ2n) is 5.87. The molecule has 0 amide bonds. The first-order valence-corrected chi connectivity index (χ1v) is 7.24. The van der Waals surface area contributed by atoms with Crippen LogP contribution in [0, 0.1) is 0 Å². The van der Waals surface area contributed by atoms with Crippen LogP contribution in [0.1, 0.15) is 30.7 Å². The lowest BCUT2D eigenvalue weighted by Crippen LogP contribution is -3.23. The molecule has 1 saturated carbocycles. The van der Waals surface area contributed by atoms with Crippen LogP contribution in [0.25, 0.3) is 0 Å². The van der Waals surface area contributed by atoms with E-state index in [-0.39, 0.29) is 5.72 Å². The van der Waals surface area contributed by atoms with Crippen LogP contribution in [0.5, 0.6) is 11.5 Å². The van der Waals surface area contributed by atoms with E-state index in [2.05, 4.69) is 0 Å². The van der Waals surface area contributed by atoms with Crippen LogP contribution in [-0.4, -0.2) is 37.1 Å². The molecule has 2 fully saturated rings. The van der Waals surface area contributed by atoms with Gasteiger partial charge in [0, 0.05) is 12.0 Å². The van der Waals surface area contributed by atoms with Gasteiger partial charge in [0.1, 0.15) is 24.6 Å². The van der Waals surface area contributed by atoms with E-state index in [1.807, 2.05) is 12.1 Å². The highest BCUT2D eigenvalue weighted by Gasteiger charge is 2.59. The molecule has 2 aliphatic heterocycles. The molecule has 4 rings (SSSR count). The number of phenolic OH excluding ortho intramolecular Hbond substituents is 1. The molecule has 2 unspecified atom stereocenters. The number of rotatable bonds is 1. The van der Waals surface area contributed by atoms with Gasteiger partial charge >= 0.3 is 0 Å². The Labute approximate surface area is 112 Å². The maximum atomic E-state index is 9.73. The molecular weight excluding hydrogens is 242 g/mol. The standard InChI is InChI=1S/C15H19NO3/c17-11-3-4-14-12(10-11)13-2-1-5-15(13,19-14)16-6-8-18-9-7-16/h3-4,10,13,17H,1-2,5-9H2/p+1. The monoisotopic (exact) mass is 262 g/mol. The minimum absolute atomic E-state index is 0.0973. The summed E-state index contributed by atoms with van der Waals surface area (Å²) in [5.74, 6) is 1.76. The normalized spacial score (nSPS) is 33.8. The van der Waals surface area contributed by atoms with Crippen molar-refractivity contribution in [1.29, 1.82) is 0 Å². The Morgan fingerprint density at radius 3 is 2.95 bits per heavy atom. The maximum Gasteiger partial charge on any atom is 0.248 e. The lowest BCUT2D eigenvalue weighted by atomic mass is 9.92. The molecule has 102 valence electrons. The number of benzene rings is 1. The third-order valence-electron chi connectivity index (χ3n) is 4.96. The van der Waals surface area contributed by atoms with E-state index in [9.17, 15) is 5.11 Å². The van der Waals surface area contributed by atoms with Gasteiger partial charge in [0.15, 0.2) is 0 Å². The molecule has 19 heavy (non-hydrogen) atoms. The molecule has 2 heterocycles. The average Bonchev–Trinajstić information content (AvgIpc) is 2.97. The second-order valence-corrected chi connectivity index (χ2v) is 5.87. The lowest BCUT2D eigenvalue weighted by molar-refractivity contribution is -0.980. The number of quaternary nitrogens is 1. The van der Waals surface area contributed by atoms with Crippen LogP contribution >= 0.6 is 0 Å². The Hall–Kier alpha value is -1.26. The van der Waals surface area contributed by atoms with Gasteiger partial charge in [0.2, 0.25) is 5.72 Å². The third kappa shape index (κ3) is 1.60. The van der Waals surface area contributed by atoms with Gasteiger partial charge in [-0.3, -0.25) is 4.90 Å². The number of fused-ring (bicyclic) bond motifs is 3. The van der Waals surface area contributed by atoms with Crippen LogP contribution in [0.4, 0.5) is 0 Å². The van der Waals surface area contributed by atoms with Gasteiger partial charge in [-0.05, 0) is 31.0 Å². The Balaban J connectivity index is 1.73. The molecule has 3 aliphatic rings. The van der Waals surface area contributed by atoms with Crippen LogP contribution in [-0.2, 0) is 4.74 Å². The molecule has 0 aromatic heterocycles. The molecule has 1 saturated heterocycles. The van der Waals surface area contributed by atoms with E-state index in [4.69, 9.17) is 9.47 Å². The fraction of sp³-hybridized carbons (Fsp3) is 0.600. The number of hydrogen-bond donors (Lipinski definition) is 2. The molecule has 1 aromatic rings. The SMILES string of the molecule is Oc1ccc2c(c1)C1CCCC1([NH+]1CCOCC1)O2. The lowest BCUT2D eigenvalue weighted by Gasteiger charge is -2.39. The summed E-state index contributed by atoms with van der Waals surface area (Å²) in [6.45, 7) is 3.70. The molecule has 2 atom stereocenters. The number of phenols is 1. The van der Waals surface area contributed by atoms with Crippen molar-refractivity contribution in [1.82, 2.24) is 0 Å². The molecular formula is C15H20NO3+. The second kappa shape index (κ2) is 4.12. The molecule has 2 N–H and O–H groups in total. The molecule has 4 heteroatoms. The van der Waals surface area contributed by atoms with Crippen LogP contribution < -0.4 is 9.64 Å². The van der Waals surface area contributed by atoms with Crippen molar-refractivity contribution < 1.29 is 19.5 Å². The minimum atomic E-state index is -0.0973. The largest absolute Gasteiger partial charge is 0.508 e. The topological polar surface area (TPSA) is 43.1 Å². The Morgan fingerprint density at radius 2 is 2.11 bits per heavy atom. The summed E-state index contributed by atoms with van der Waals surface area (Å²) < 4.78 is 11.9. The first-order chi connectivity index (χ1) is 9.29. The van der Waals surface area contributed by atoms with Crippen LogP contribution in [0.2, 0.25) is 0 Å². The van der Waals surface area contributed by atoms with Crippen molar-refractivity contribution >= 4 is 0 Å². The zero-order chi connectivity index (χ0) is 12.9. The predicted octanol–water partition coefficient (Wildman–Crippen LogP) is 0.663. The van der Waals surface area contributed by atoms with E-state index in [0.29, 0.717) is 11.7 Å². The average molecular weight is 262 g/mol. The molecule has 1 aromatic carbocycles. The Bertz CT molecular complexity index is 498. The Kier molecular flexibility index (Phi) is 2.50. The summed E-state index contributed by atoms with van der Waals surface area (Å²) in [5, 5.41) is 9.73. The van der Waals surface area contributed by atoms with Gasteiger partial charge in [-0.1, -0.05) is 0 Å². The van der Waals surface area contributed by atoms with Gasteiger partial charge in [-0.15, -0.1) is 0 Å². The molecule has 0 radical (unpaired) electrons. The maximum absolute atomic E-state index is 9.73. The van der Waals surface area contributed by atoms with Crippen molar-refractivity contribution in [3.8, 4) is 11.5 Å². The van der Waals surface area contributed by atoms with Crippen LogP contribution in [0.3, 0.4) is 0 Å². The predicted molar refractivity (Wildman–Crippen MR) is 69.6 cm³/mol. The third-order valence-corrected chi connectivity index (χ3v) is 4.96. The smallest absolute Gasteiger partial charge is 0.248 e. The number of ether oxygens (including phenoxy) is 2. The minimum Gasteiger partial charge on any atom is -0.508 e. The van der Waals surface area contributed by atoms with Gasteiger partial charge in [-0.2, -0.15) is 0 Å². The zero-order valence-electron chi connectivity index (χ0n) is 11.0. The van der Waals surface area contributed by atoms with Crippen LogP contribution in [0.15, 0.2) is 18.2 Å². The van der Waals surface area contributed by atoms with Gasteiger partial charge in [-0.25, -0.2) is 0 Å². The summed E-state index contributed by atoms with van der Waals surface area (Å²) in [6.07, 6.45) is 3.49. The highest BCUT2D eigenvalue weighted by molar-refractivity contribution is 5.47. The Morgan fingerprint density at radius 1 is 1.26 bits per heavy atom. The number of nitrogens with one attached hydrogen (secondary N) is 1. The fourth-order valence-corrected chi connectivity index (χ4v) is 4.14. The summed E-state index contributed by atoms with van der Waals surface area (Å²) in [6, 6.07) is 5.54. The fourth-order valence-electron chi connectivity index (χ4n) is 4.14. The van der Waals surface area contributed by atoms with E-state index in [1.165, 1.54) is 23.3 Å². The molecule has 0 bridgehead atoms.